The first-order chi connectivity index (χ1) is 12.1. The molecule has 3 rings (SSSR count). The molecule has 1 aromatic carbocycles. The maximum Gasteiger partial charge on any atom is 0.223 e. The molecule has 0 atom stereocenters. The summed E-state index contributed by atoms with van der Waals surface area (Å²) in [4.78, 5) is 13.3. The van der Waals surface area contributed by atoms with Gasteiger partial charge in [0.15, 0.2) is 0 Å². The van der Waals surface area contributed by atoms with Crippen molar-refractivity contribution in [1.82, 2.24) is 4.90 Å². The lowest BCUT2D eigenvalue weighted by atomic mass is 10.0. The van der Waals surface area contributed by atoms with Gasteiger partial charge in [-0.1, -0.05) is 25.4 Å². The summed E-state index contributed by atoms with van der Waals surface area (Å²) >= 11 is 5.96. The lowest BCUT2D eigenvalue weighted by Crippen LogP contribution is -2.41. The van der Waals surface area contributed by atoms with E-state index in [1.165, 1.54) is 31.6 Å². The van der Waals surface area contributed by atoms with E-state index in [9.17, 15) is 0 Å². The zero-order valence-electron chi connectivity index (χ0n) is 15.8. The Balaban J connectivity index is 0.00000109. The molecule has 0 radical (unpaired) electrons. The predicted octanol–water partition coefficient (Wildman–Crippen LogP) is 4.05. The van der Waals surface area contributed by atoms with Crippen LogP contribution in [0, 0.1) is 0 Å². The van der Waals surface area contributed by atoms with Crippen LogP contribution >= 0.6 is 11.6 Å². The highest BCUT2D eigenvalue weighted by molar-refractivity contribution is 6.66. The summed E-state index contributed by atoms with van der Waals surface area (Å²) in [5.41, 5.74) is 2.23. The topological polar surface area (TPSA) is 43.2 Å². The van der Waals surface area contributed by atoms with Crippen molar-refractivity contribution in [1.29, 1.82) is 0 Å². The first kappa shape index (κ1) is 19.7. The summed E-state index contributed by atoms with van der Waals surface area (Å²) in [7, 11) is 4.38. The van der Waals surface area contributed by atoms with Gasteiger partial charge in [-0.25, -0.2) is 4.99 Å². The van der Waals surface area contributed by atoms with Crippen LogP contribution in [0.25, 0.3) is 0 Å². The van der Waals surface area contributed by atoms with Crippen LogP contribution in [0.15, 0.2) is 34.3 Å². The highest BCUT2D eigenvalue weighted by atomic mass is 35.5. The Hall–Kier alpha value is -1.59. The van der Waals surface area contributed by atoms with Gasteiger partial charge in [-0.15, -0.1) is 0 Å². The number of halogens is 1. The summed E-state index contributed by atoms with van der Waals surface area (Å²) < 4.78 is 0. The van der Waals surface area contributed by atoms with E-state index >= 15 is 0 Å². The monoisotopic (exact) mass is 363 g/mol. The molecule has 0 bridgehead atoms. The second kappa shape index (κ2) is 9.78. The smallest absolute Gasteiger partial charge is 0.223 e. The summed E-state index contributed by atoms with van der Waals surface area (Å²) in [5, 5.41) is 3.83. The molecule has 0 saturated carbocycles. The summed E-state index contributed by atoms with van der Waals surface area (Å²) in [6, 6.07) is 9.06. The number of piperidine rings is 1. The van der Waals surface area contributed by atoms with E-state index in [4.69, 9.17) is 11.6 Å². The molecule has 0 amide bonds. The van der Waals surface area contributed by atoms with Crippen LogP contribution in [0.4, 0.5) is 11.4 Å². The zero-order chi connectivity index (χ0) is 18.2. The molecule has 1 saturated heterocycles. The van der Waals surface area contributed by atoms with Gasteiger partial charge < -0.3 is 15.1 Å². The molecule has 2 aliphatic heterocycles. The van der Waals surface area contributed by atoms with Crippen molar-refractivity contribution in [3.05, 3.63) is 24.3 Å². The maximum atomic E-state index is 5.96. The van der Waals surface area contributed by atoms with Gasteiger partial charge in [-0.05, 0) is 57.2 Å². The van der Waals surface area contributed by atoms with Crippen LogP contribution in [0.1, 0.15) is 33.1 Å². The van der Waals surface area contributed by atoms with Gasteiger partial charge in [0.25, 0.3) is 0 Å². The number of rotatable bonds is 3. The second-order valence-electron chi connectivity index (χ2n) is 6.26. The SMILES string of the molecule is CC.CN1CCC(N(C)c2ccc(NC3=NCCC(Cl)=N3)cc2)CC1. The van der Waals surface area contributed by atoms with Gasteiger partial charge in [0.2, 0.25) is 5.96 Å². The number of hydrogen-bond acceptors (Lipinski definition) is 5. The fourth-order valence-electron chi connectivity index (χ4n) is 3.03. The molecule has 138 valence electrons. The van der Waals surface area contributed by atoms with E-state index in [-0.39, 0.29) is 0 Å². The summed E-state index contributed by atoms with van der Waals surface area (Å²) in [6.07, 6.45) is 3.17. The van der Waals surface area contributed by atoms with Crippen LogP contribution in [0.2, 0.25) is 0 Å². The third-order valence-corrected chi connectivity index (χ3v) is 4.85. The van der Waals surface area contributed by atoms with E-state index in [2.05, 4.69) is 63.5 Å². The minimum Gasteiger partial charge on any atom is -0.372 e. The predicted molar refractivity (Wildman–Crippen MR) is 111 cm³/mol. The number of likely N-dealkylation sites (tertiary alicyclic amines) is 1. The quantitative estimate of drug-likeness (QED) is 0.880. The van der Waals surface area contributed by atoms with Crippen LogP contribution < -0.4 is 10.2 Å². The van der Waals surface area contributed by atoms with Crippen LogP contribution in [0.3, 0.4) is 0 Å². The molecule has 2 heterocycles. The van der Waals surface area contributed by atoms with Crippen molar-refractivity contribution >= 4 is 34.1 Å². The Kier molecular flexibility index (Phi) is 7.72. The molecule has 1 N–H and O–H groups in total. The van der Waals surface area contributed by atoms with Crippen molar-refractivity contribution in [3.63, 3.8) is 0 Å². The molecule has 2 aliphatic rings. The average molecular weight is 364 g/mol. The third-order valence-electron chi connectivity index (χ3n) is 4.57. The van der Waals surface area contributed by atoms with Crippen molar-refractivity contribution in [2.45, 2.75) is 39.2 Å². The van der Waals surface area contributed by atoms with E-state index in [1.54, 1.807) is 0 Å². The largest absolute Gasteiger partial charge is 0.372 e. The molecule has 0 aliphatic carbocycles. The number of anilines is 2. The molecule has 6 heteroatoms. The van der Waals surface area contributed by atoms with Crippen LogP contribution in [0.5, 0.6) is 0 Å². The molecule has 25 heavy (non-hydrogen) atoms. The first-order valence-corrected chi connectivity index (χ1v) is 9.55. The van der Waals surface area contributed by atoms with E-state index < -0.39 is 0 Å². The van der Waals surface area contributed by atoms with Gasteiger partial charge in [-0.2, -0.15) is 0 Å². The Labute approximate surface area is 156 Å². The first-order valence-electron chi connectivity index (χ1n) is 9.18. The Bertz CT molecular complexity index is 588. The molecule has 0 spiro atoms. The zero-order valence-corrected chi connectivity index (χ0v) is 16.6. The average Bonchev–Trinajstić information content (AvgIpc) is 2.64. The molecular weight excluding hydrogens is 334 g/mol. The molecular formula is C19H30ClN5. The fourth-order valence-corrected chi connectivity index (χ4v) is 3.19. The number of nitrogens with zero attached hydrogens (tertiary/aromatic N) is 4. The standard InChI is InChI=1S/C17H24ClN5.C2H6/c1-22-11-8-15(9-12-22)23(2)14-5-3-13(4-6-14)20-17-19-10-7-16(18)21-17;1-2/h3-6,15H,7-12H2,1-2H3,(H,19,20);1-2H3. The van der Waals surface area contributed by atoms with Crippen LogP contribution in [-0.4, -0.2) is 55.8 Å². The lowest BCUT2D eigenvalue weighted by molar-refractivity contribution is 0.253. The molecule has 0 aromatic heterocycles. The fraction of sp³-hybridized carbons (Fsp3) is 0.579. The van der Waals surface area contributed by atoms with Crippen molar-refractivity contribution in [2.24, 2.45) is 9.98 Å². The number of benzene rings is 1. The number of aliphatic imine (C=N–C) groups is 2. The summed E-state index contributed by atoms with van der Waals surface area (Å²) in [6.45, 7) is 7.04. The number of nitrogens with one attached hydrogen (secondary N) is 1. The minimum absolute atomic E-state index is 0.595. The highest BCUT2D eigenvalue weighted by Gasteiger charge is 2.20. The van der Waals surface area contributed by atoms with Gasteiger partial charge in [0, 0.05) is 37.4 Å². The third kappa shape index (κ3) is 5.72. The minimum atomic E-state index is 0.595. The lowest BCUT2D eigenvalue weighted by Gasteiger charge is -2.36. The molecule has 0 unspecified atom stereocenters. The maximum absolute atomic E-state index is 5.96. The molecule has 1 aromatic rings. The van der Waals surface area contributed by atoms with E-state index in [0.29, 0.717) is 23.7 Å². The van der Waals surface area contributed by atoms with Crippen molar-refractivity contribution in [2.75, 3.05) is 43.9 Å². The Morgan fingerprint density at radius 3 is 2.40 bits per heavy atom. The van der Waals surface area contributed by atoms with Crippen molar-refractivity contribution in [3.8, 4) is 0 Å². The van der Waals surface area contributed by atoms with Gasteiger partial charge >= 0.3 is 0 Å². The number of guanidine groups is 1. The molecule has 5 nitrogen and oxygen atoms in total. The summed E-state index contributed by atoms with van der Waals surface area (Å²) in [5.74, 6) is 0.595. The normalized spacial score (nSPS) is 18.6. The van der Waals surface area contributed by atoms with E-state index in [1.807, 2.05) is 13.8 Å². The van der Waals surface area contributed by atoms with Gasteiger partial charge in [0.05, 0.1) is 0 Å². The Morgan fingerprint density at radius 2 is 1.80 bits per heavy atom. The van der Waals surface area contributed by atoms with Gasteiger partial charge in [0.1, 0.15) is 5.17 Å². The second-order valence-corrected chi connectivity index (χ2v) is 6.70. The van der Waals surface area contributed by atoms with Crippen LogP contribution in [-0.2, 0) is 0 Å². The van der Waals surface area contributed by atoms with Crippen molar-refractivity contribution < 1.29 is 0 Å². The Morgan fingerprint density at radius 1 is 1.16 bits per heavy atom. The van der Waals surface area contributed by atoms with E-state index in [0.717, 1.165) is 12.1 Å². The number of hydrogen-bond donors (Lipinski definition) is 1. The molecule has 1 fully saturated rings. The highest BCUT2D eigenvalue weighted by Crippen LogP contribution is 2.23. The van der Waals surface area contributed by atoms with Gasteiger partial charge in [-0.3, -0.25) is 4.99 Å².